The lowest BCUT2D eigenvalue weighted by molar-refractivity contribution is -0.128. The molecule has 0 radical (unpaired) electrons. The fraction of sp³-hybridized carbons (Fsp3) is 0.370. The molecule has 2 unspecified atom stereocenters. The van der Waals surface area contributed by atoms with E-state index in [9.17, 15) is 4.79 Å². The fourth-order valence-corrected chi connectivity index (χ4v) is 5.32. The molecule has 4 rings (SSSR count). The number of fused-ring (bicyclic) bond motifs is 1. The van der Waals surface area contributed by atoms with Crippen LogP contribution in [0.15, 0.2) is 66.7 Å². The molecule has 1 saturated heterocycles. The standard InChI is InChI=1S/C27H31ClN2O/c1-19(27(13-15-30(3)16-14-27)22-10-5-4-6-11-22)26(31)29-20(2)25-18-23(28)17-21-9-7-8-12-24(21)25/h4-12,17-20H,13-16H2,1-3H3,(H,29,31). The molecule has 0 saturated carbocycles. The minimum absolute atomic E-state index is 0.102. The highest BCUT2D eigenvalue weighted by molar-refractivity contribution is 6.31. The SMILES string of the molecule is CC(NC(=O)C(C)C1(c2ccccc2)CCN(C)CC1)c1cc(Cl)cc2ccccc12. The van der Waals surface area contributed by atoms with Crippen LogP contribution in [0.5, 0.6) is 0 Å². The first kappa shape index (κ1) is 21.9. The van der Waals surface area contributed by atoms with E-state index in [0.29, 0.717) is 5.02 Å². The number of carbonyl (C=O) groups excluding carboxylic acids is 1. The number of rotatable bonds is 5. The fourth-order valence-electron chi connectivity index (χ4n) is 5.09. The summed E-state index contributed by atoms with van der Waals surface area (Å²) in [6.07, 6.45) is 1.97. The van der Waals surface area contributed by atoms with Gasteiger partial charge in [-0.15, -0.1) is 0 Å². The predicted octanol–water partition coefficient (Wildman–Crippen LogP) is 5.97. The van der Waals surface area contributed by atoms with Gasteiger partial charge in [-0.2, -0.15) is 0 Å². The summed E-state index contributed by atoms with van der Waals surface area (Å²) in [7, 11) is 2.16. The minimum atomic E-state index is -0.145. The molecule has 0 aliphatic carbocycles. The Labute approximate surface area is 190 Å². The largest absolute Gasteiger partial charge is 0.349 e. The molecule has 1 amide bonds. The van der Waals surface area contributed by atoms with Crippen LogP contribution in [0.2, 0.25) is 5.02 Å². The summed E-state index contributed by atoms with van der Waals surface area (Å²) < 4.78 is 0. The van der Waals surface area contributed by atoms with Gasteiger partial charge in [-0.3, -0.25) is 4.79 Å². The average molecular weight is 435 g/mol. The van der Waals surface area contributed by atoms with Crippen molar-refractivity contribution in [2.75, 3.05) is 20.1 Å². The van der Waals surface area contributed by atoms with Crippen molar-refractivity contribution >= 4 is 28.3 Å². The summed E-state index contributed by atoms with van der Waals surface area (Å²) in [5.74, 6) is -0.0264. The summed E-state index contributed by atoms with van der Waals surface area (Å²) in [5, 5.41) is 6.22. The van der Waals surface area contributed by atoms with Gasteiger partial charge in [-0.1, -0.05) is 73.1 Å². The molecule has 3 aromatic carbocycles. The Kier molecular flexibility index (Phi) is 6.36. The van der Waals surface area contributed by atoms with E-state index in [-0.39, 0.29) is 23.3 Å². The zero-order valence-corrected chi connectivity index (χ0v) is 19.3. The number of nitrogens with one attached hydrogen (secondary N) is 1. The quantitative estimate of drug-likeness (QED) is 0.536. The zero-order valence-electron chi connectivity index (χ0n) is 18.6. The van der Waals surface area contributed by atoms with Gasteiger partial charge in [0.2, 0.25) is 5.91 Å². The number of hydrogen-bond donors (Lipinski definition) is 1. The first-order valence-electron chi connectivity index (χ1n) is 11.1. The Morgan fingerprint density at radius 1 is 1.00 bits per heavy atom. The lowest BCUT2D eigenvalue weighted by Gasteiger charge is -2.45. The van der Waals surface area contributed by atoms with Gasteiger partial charge in [-0.05, 0) is 73.9 Å². The van der Waals surface area contributed by atoms with Gasteiger partial charge in [-0.25, -0.2) is 0 Å². The van der Waals surface area contributed by atoms with Crippen LogP contribution in [0.3, 0.4) is 0 Å². The Morgan fingerprint density at radius 3 is 2.35 bits per heavy atom. The van der Waals surface area contributed by atoms with E-state index < -0.39 is 0 Å². The summed E-state index contributed by atoms with van der Waals surface area (Å²) in [6, 6.07) is 22.6. The molecule has 1 fully saturated rings. The van der Waals surface area contributed by atoms with Crippen LogP contribution in [0.4, 0.5) is 0 Å². The molecule has 162 valence electrons. The first-order chi connectivity index (χ1) is 14.9. The molecule has 1 heterocycles. The van der Waals surface area contributed by atoms with Crippen molar-refractivity contribution in [1.82, 2.24) is 10.2 Å². The molecule has 0 aromatic heterocycles. The molecule has 3 nitrogen and oxygen atoms in total. The van der Waals surface area contributed by atoms with Crippen LogP contribution in [0, 0.1) is 5.92 Å². The van der Waals surface area contributed by atoms with Gasteiger partial charge < -0.3 is 10.2 Å². The van der Waals surface area contributed by atoms with Crippen molar-refractivity contribution in [2.45, 2.75) is 38.1 Å². The summed E-state index contributed by atoms with van der Waals surface area (Å²) >= 11 is 6.39. The Morgan fingerprint density at radius 2 is 1.65 bits per heavy atom. The summed E-state index contributed by atoms with van der Waals surface area (Å²) in [6.45, 7) is 6.14. The number of benzene rings is 3. The molecule has 4 heteroatoms. The van der Waals surface area contributed by atoms with Crippen molar-refractivity contribution in [3.8, 4) is 0 Å². The predicted molar refractivity (Wildman–Crippen MR) is 130 cm³/mol. The smallest absolute Gasteiger partial charge is 0.224 e. The van der Waals surface area contributed by atoms with Gasteiger partial charge >= 0.3 is 0 Å². The summed E-state index contributed by atoms with van der Waals surface area (Å²) in [4.78, 5) is 15.9. The molecule has 3 aromatic rings. The number of likely N-dealkylation sites (tertiary alicyclic amines) is 1. The maximum atomic E-state index is 13.5. The molecule has 1 aliphatic heterocycles. The molecule has 2 atom stereocenters. The molecular weight excluding hydrogens is 404 g/mol. The maximum Gasteiger partial charge on any atom is 0.224 e. The van der Waals surface area contributed by atoms with Gasteiger partial charge in [0.05, 0.1) is 6.04 Å². The molecular formula is C27H31ClN2O. The van der Waals surface area contributed by atoms with Gasteiger partial charge in [0, 0.05) is 16.4 Å². The van der Waals surface area contributed by atoms with Crippen molar-refractivity contribution in [3.05, 3.63) is 82.9 Å². The Bertz CT molecular complexity index is 1060. The number of amides is 1. The van der Waals surface area contributed by atoms with Gasteiger partial charge in [0.15, 0.2) is 0 Å². The van der Waals surface area contributed by atoms with Crippen molar-refractivity contribution in [2.24, 2.45) is 5.92 Å². The Balaban J connectivity index is 1.61. The molecule has 31 heavy (non-hydrogen) atoms. The minimum Gasteiger partial charge on any atom is -0.349 e. The number of nitrogens with zero attached hydrogens (tertiary/aromatic N) is 1. The molecule has 0 bridgehead atoms. The van der Waals surface area contributed by atoms with E-state index in [2.05, 4.69) is 60.6 Å². The monoisotopic (exact) mass is 434 g/mol. The van der Waals surface area contributed by atoms with Crippen molar-refractivity contribution in [3.63, 3.8) is 0 Å². The zero-order chi connectivity index (χ0) is 22.0. The first-order valence-corrected chi connectivity index (χ1v) is 11.5. The van der Waals surface area contributed by atoms with Crippen molar-refractivity contribution < 1.29 is 4.79 Å². The Hall–Kier alpha value is -2.36. The lowest BCUT2D eigenvalue weighted by Crippen LogP contribution is -2.50. The van der Waals surface area contributed by atoms with E-state index in [4.69, 9.17) is 11.6 Å². The van der Waals surface area contributed by atoms with E-state index in [1.54, 1.807) is 0 Å². The highest BCUT2D eigenvalue weighted by Crippen LogP contribution is 2.42. The normalized spacial score (nSPS) is 18.5. The molecule has 0 spiro atoms. The van der Waals surface area contributed by atoms with Crippen LogP contribution >= 0.6 is 11.6 Å². The highest BCUT2D eigenvalue weighted by atomic mass is 35.5. The van der Waals surface area contributed by atoms with Gasteiger partial charge in [0.25, 0.3) is 0 Å². The topological polar surface area (TPSA) is 32.3 Å². The second-order valence-electron chi connectivity index (χ2n) is 8.99. The van der Waals surface area contributed by atoms with E-state index in [1.807, 2.05) is 37.3 Å². The van der Waals surface area contributed by atoms with Gasteiger partial charge in [0.1, 0.15) is 0 Å². The van der Waals surface area contributed by atoms with E-state index in [1.165, 1.54) is 5.56 Å². The molecule has 1 aliphatic rings. The second kappa shape index (κ2) is 9.02. The van der Waals surface area contributed by atoms with E-state index in [0.717, 1.165) is 42.3 Å². The number of halogens is 1. The van der Waals surface area contributed by atoms with Crippen LogP contribution < -0.4 is 5.32 Å². The average Bonchev–Trinajstić information content (AvgIpc) is 2.79. The lowest BCUT2D eigenvalue weighted by atomic mass is 9.64. The maximum absolute atomic E-state index is 13.5. The highest BCUT2D eigenvalue weighted by Gasteiger charge is 2.43. The number of carbonyl (C=O) groups is 1. The third kappa shape index (κ3) is 4.35. The molecule has 1 N–H and O–H groups in total. The van der Waals surface area contributed by atoms with Crippen molar-refractivity contribution in [1.29, 1.82) is 0 Å². The third-order valence-corrected chi connectivity index (χ3v) is 7.35. The van der Waals surface area contributed by atoms with Crippen LogP contribution in [-0.2, 0) is 10.2 Å². The van der Waals surface area contributed by atoms with Crippen LogP contribution in [0.25, 0.3) is 10.8 Å². The number of piperidine rings is 1. The number of hydrogen-bond acceptors (Lipinski definition) is 2. The third-order valence-electron chi connectivity index (χ3n) is 7.13. The van der Waals surface area contributed by atoms with E-state index >= 15 is 0 Å². The second-order valence-corrected chi connectivity index (χ2v) is 9.43. The van der Waals surface area contributed by atoms with Crippen LogP contribution in [0.1, 0.15) is 43.9 Å². The summed E-state index contributed by atoms with van der Waals surface area (Å²) in [5.41, 5.74) is 2.18. The van der Waals surface area contributed by atoms with Crippen LogP contribution in [-0.4, -0.2) is 30.9 Å².